The lowest BCUT2D eigenvalue weighted by Gasteiger charge is -2.30. The maximum absolute atomic E-state index is 13.1. The van der Waals surface area contributed by atoms with E-state index >= 15 is 0 Å². The zero-order valence-electron chi connectivity index (χ0n) is 19.2. The Hall–Kier alpha value is -2.74. The second-order valence-corrected chi connectivity index (χ2v) is 9.52. The fourth-order valence-electron chi connectivity index (χ4n) is 3.67. The van der Waals surface area contributed by atoms with Gasteiger partial charge in [0.2, 0.25) is 15.9 Å². The molecule has 1 amide bonds. The van der Waals surface area contributed by atoms with Gasteiger partial charge in [0.1, 0.15) is 6.04 Å². The molecule has 0 saturated heterocycles. The Labute approximate surface area is 185 Å². The topological polar surface area (TPSA) is 84.9 Å². The number of nitrogens with one attached hydrogen (secondary N) is 1. The quantitative estimate of drug-likeness (QED) is 0.632. The summed E-state index contributed by atoms with van der Waals surface area (Å²) in [6.07, 6.45) is 1.73. The number of carbonyl (C=O) groups is 1. The summed E-state index contributed by atoms with van der Waals surface area (Å²) in [5.41, 5.74) is 3.17. The van der Waals surface area contributed by atoms with Gasteiger partial charge >= 0.3 is 0 Å². The van der Waals surface area contributed by atoms with Gasteiger partial charge in [-0.15, -0.1) is 0 Å². The van der Waals surface area contributed by atoms with Crippen molar-refractivity contribution in [3.8, 4) is 11.5 Å². The SMILES string of the molecule is CC[C@H](NC(=O)[C@H](C)N(c1cc(C)cc(C)c1)S(C)(=O)=O)c1ccc(OC)c(OC)c1. The molecule has 7 nitrogen and oxygen atoms in total. The molecular formula is C23H32N2O5S. The molecule has 170 valence electrons. The summed E-state index contributed by atoms with van der Waals surface area (Å²) < 4.78 is 37.0. The van der Waals surface area contributed by atoms with E-state index in [1.54, 1.807) is 39.3 Å². The van der Waals surface area contributed by atoms with Gasteiger partial charge in [0.25, 0.3) is 0 Å². The Kier molecular flexibility index (Phi) is 7.95. The Balaban J connectivity index is 2.34. The van der Waals surface area contributed by atoms with Crippen molar-refractivity contribution in [1.82, 2.24) is 5.32 Å². The van der Waals surface area contributed by atoms with E-state index < -0.39 is 16.1 Å². The fraction of sp³-hybridized carbons (Fsp3) is 0.435. The van der Waals surface area contributed by atoms with E-state index in [-0.39, 0.29) is 11.9 Å². The summed E-state index contributed by atoms with van der Waals surface area (Å²) in [5.74, 6) is 0.777. The van der Waals surface area contributed by atoms with E-state index in [1.165, 1.54) is 4.31 Å². The third kappa shape index (κ3) is 5.91. The van der Waals surface area contributed by atoms with E-state index in [9.17, 15) is 13.2 Å². The van der Waals surface area contributed by atoms with Gasteiger partial charge in [0.05, 0.1) is 32.2 Å². The molecule has 0 aliphatic rings. The molecule has 0 radical (unpaired) electrons. The molecule has 2 aromatic carbocycles. The highest BCUT2D eigenvalue weighted by atomic mass is 32.2. The average molecular weight is 449 g/mol. The van der Waals surface area contributed by atoms with Crippen LogP contribution in [0, 0.1) is 13.8 Å². The third-order valence-corrected chi connectivity index (χ3v) is 6.33. The molecule has 0 fully saturated rings. The molecule has 0 aliphatic carbocycles. The number of aryl methyl sites for hydroxylation is 2. The molecule has 0 bridgehead atoms. The highest BCUT2D eigenvalue weighted by molar-refractivity contribution is 7.92. The number of rotatable bonds is 9. The van der Waals surface area contributed by atoms with Gasteiger partial charge in [0.15, 0.2) is 11.5 Å². The van der Waals surface area contributed by atoms with Crippen molar-refractivity contribution < 1.29 is 22.7 Å². The minimum absolute atomic E-state index is 0.310. The van der Waals surface area contributed by atoms with Crippen LogP contribution >= 0.6 is 0 Å². The predicted molar refractivity (Wildman–Crippen MR) is 123 cm³/mol. The minimum Gasteiger partial charge on any atom is -0.493 e. The monoisotopic (exact) mass is 448 g/mol. The first kappa shape index (κ1) is 24.5. The van der Waals surface area contributed by atoms with Gasteiger partial charge in [-0.2, -0.15) is 0 Å². The molecule has 0 saturated carbocycles. The van der Waals surface area contributed by atoms with Crippen LogP contribution in [0.15, 0.2) is 36.4 Å². The highest BCUT2D eigenvalue weighted by Gasteiger charge is 2.30. The number of nitrogens with zero attached hydrogens (tertiary/aromatic N) is 1. The van der Waals surface area contributed by atoms with Gasteiger partial charge in [-0.1, -0.05) is 19.1 Å². The minimum atomic E-state index is -3.69. The van der Waals surface area contributed by atoms with Crippen LogP contribution in [0.1, 0.15) is 43.0 Å². The zero-order valence-corrected chi connectivity index (χ0v) is 20.0. The summed E-state index contributed by atoms with van der Waals surface area (Å²) >= 11 is 0. The summed E-state index contributed by atoms with van der Waals surface area (Å²) in [6.45, 7) is 7.33. The van der Waals surface area contributed by atoms with Gasteiger partial charge in [-0.3, -0.25) is 9.10 Å². The molecule has 2 aromatic rings. The first-order valence-corrected chi connectivity index (χ1v) is 12.0. The Morgan fingerprint density at radius 3 is 2.10 bits per heavy atom. The first-order chi connectivity index (χ1) is 14.5. The lowest BCUT2D eigenvalue weighted by molar-refractivity contribution is -0.122. The number of amides is 1. The molecule has 31 heavy (non-hydrogen) atoms. The van der Waals surface area contributed by atoms with Gasteiger partial charge in [-0.25, -0.2) is 8.42 Å². The molecule has 0 heterocycles. The van der Waals surface area contributed by atoms with E-state index in [4.69, 9.17) is 9.47 Å². The van der Waals surface area contributed by atoms with E-state index in [0.717, 1.165) is 22.9 Å². The lowest BCUT2D eigenvalue weighted by atomic mass is 10.0. The smallest absolute Gasteiger partial charge is 0.244 e. The van der Waals surface area contributed by atoms with Gasteiger partial charge in [0, 0.05) is 0 Å². The summed E-state index contributed by atoms with van der Waals surface area (Å²) in [5, 5.41) is 2.98. The van der Waals surface area contributed by atoms with Gasteiger partial charge < -0.3 is 14.8 Å². The van der Waals surface area contributed by atoms with Crippen LogP contribution in [0.2, 0.25) is 0 Å². The van der Waals surface area contributed by atoms with Crippen molar-refractivity contribution in [1.29, 1.82) is 0 Å². The number of hydrogen-bond acceptors (Lipinski definition) is 5. The number of methoxy groups -OCH3 is 2. The van der Waals surface area contributed by atoms with Crippen molar-refractivity contribution >= 4 is 21.6 Å². The van der Waals surface area contributed by atoms with Crippen LogP contribution < -0.4 is 19.1 Å². The molecular weight excluding hydrogens is 416 g/mol. The van der Waals surface area contributed by atoms with Crippen LogP contribution in [0.5, 0.6) is 11.5 Å². The lowest BCUT2D eigenvalue weighted by Crippen LogP contribution is -2.48. The molecule has 2 rings (SSSR count). The summed E-state index contributed by atoms with van der Waals surface area (Å²) in [7, 11) is -0.573. The van der Waals surface area contributed by atoms with E-state index in [1.807, 2.05) is 39.0 Å². The third-order valence-electron chi connectivity index (χ3n) is 5.08. The first-order valence-electron chi connectivity index (χ1n) is 10.1. The van der Waals surface area contributed by atoms with Crippen LogP contribution in [-0.2, 0) is 14.8 Å². The molecule has 8 heteroatoms. The van der Waals surface area contributed by atoms with Crippen LogP contribution in [0.3, 0.4) is 0 Å². The predicted octanol–water partition coefficient (Wildman–Crippen LogP) is 3.74. The second kappa shape index (κ2) is 10.0. The Morgan fingerprint density at radius 1 is 1.03 bits per heavy atom. The molecule has 2 atom stereocenters. The van der Waals surface area contributed by atoms with E-state index in [2.05, 4.69) is 5.32 Å². The number of hydrogen-bond donors (Lipinski definition) is 1. The molecule has 0 spiro atoms. The molecule has 0 unspecified atom stereocenters. The molecule has 0 aromatic heterocycles. The zero-order chi connectivity index (χ0) is 23.3. The summed E-state index contributed by atoms with van der Waals surface area (Å²) in [6, 6.07) is 9.71. The number of ether oxygens (including phenoxy) is 2. The van der Waals surface area contributed by atoms with Crippen LogP contribution in [0.25, 0.3) is 0 Å². The largest absolute Gasteiger partial charge is 0.493 e. The second-order valence-electron chi connectivity index (χ2n) is 7.66. The number of anilines is 1. The van der Waals surface area contributed by atoms with E-state index in [0.29, 0.717) is 23.6 Å². The highest BCUT2D eigenvalue weighted by Crippen LogP contribution is 2.31. The number of carbonyl (C=O) groups excluding carboxylic acids is 1. The van der Waals surface area contributed by atoms with Crippen LogP contribution in [-0.4, -0.2) is 40.8 Å². The molecule has 0 aliphatic heterocycles. The maximum Gasteiger partial charge on any atom is 0.244 e. The van der Waals surface area contributed by atoms with Crippen molar-refractivity contribution in [2.24, 2.45) is 0 Å². The van der Waals surface area contributed by atoms with Crippen LogP contribution in [0.4, 0.5) is 5.69 Å². The van der Waals surface area contributed by atoms with Gasteiger partial charge in [-0.05, 0) is 68.1 Å². The normalized spacial score (nSPS) is 13.3. The standard InChI is InChI=1S/C23H32N2O5S/c1-8-20(18-9-10-21(29-5)22(14-18)30-6)24-23(26)17(4)25(31(7,27)28)19-12-15(2)11-16(3)13-19/h9-14,17,20H,8H2,1-7H3,(H,24,26)/t17-,20-/m0/s1. The van der Waals surface area contributed by atoms with Crippen molar-refractivity contribution in [3.05, 3.63) is 53.1 Å². The average Bonchev–Trinajstić information content (AvgIpc) is 2.69. The van der Waals surface area contributed by atoms with Crippen molar-refractivity contribution in [3.63, 3.8) is 0 Å². The Morgan fingerprint density at radius 2 is 1.61 bits per heavy atom. The van der Waals surface area contributed by atoms with Crippen molar-refractivity contribution in [2.75, 3.05) is 24.8 Å². The van der Waals surface area contributed by atoms with Crippen molar-refractivity contribution in [2.45, 2.75) is 46.2 Å². The maximum atomic E-state index is 13.1. The number of sulfonamides is 1. The Bertz CT molecular complexity index is 1020. The number of benzene rings is 2. The molecule has 1 N–H and O–H groups in total. The summed E-state index contributed by atoms with van der Waals surface area (Å²) in [4.78, 5) is 13.1. The fourth-order valence-corrected chi connectivity index (χ4v) is 4.83.